The van der Waals surface area contributed by atoms with Gasteiger partial charge in [0, 0.05) is 38.5 Å². The molecule has 3 aromatic heterocycles. The number of aromatic nitrogens is 4. The molecule has 0 spiro atoms. The van der Waals surface area contributed by atoms with Gasteiger partial charge in [-0.15, -0.1) is 0 Å². The number of carbonyl (C=O) groups is 1. The van der Waals surface area contributed by atoms with Gasteiger partial charge in [-0.3, -0.25) is 9.59 Å². The van der Waals surface area contributed by atoms with Gasteiger partial charge in [-0.05, 0) is 61.4 Å². The summed E-state index contributed by atoms with van der Waals surface area (Å²) in [4.78, 5) is 33.5. The second-order valence-corrected chi connectivity index (χ2v) is 9.82. The maximum Gasteiger partial charge on any atom is 0.274 e. The average molecular weight is 501 g/mol. The van der Waals surface area contributed by atoms with Crippen molar-refractivity contribution in [3.8, 4) is 11.5 Å². The minimum absolute atomic E-state index is 0.156. The zero-order valence-electron chi connectivity index (χ0n) is 20.6. The largest absolute Gasteiger partial charge is 0.457 e. The van der Waals surface area contributed by atoms with Gasteiger partial charge in [0.1, 0.15) is 23.0 Å². The predicted molar refractivity (Wildman–Crippen MR) is 140 cm³/mol. The molecule has 0 unspecified atom stereocenters. The first-order valence-corrected chi connectivity index (χ1v) is 12.4. The number of aryl methyl sites for hydroxylation is 1. The molecule has 10 heteroatoms. The quantitative estimate of drug-likeness (QED) is 0.348. The Morgan fingerprint density at radius 1 is 1.11 bits per heavy atom. The van der Waals surface area contributed by atoms with E-state index in [0.29, 0.717) is 34.9 Å². The van der Waals surface area contributed by atoms with E-state index < -0.39 is 6.10 Å². The van der Waals surface area contributed by atoms with Crippen LogP contribution in [0.25, 0.3) is 11.0 Å². The number of pyridine rings is 2. The molecule has 2 aliphatic rings. The van der Waals surface area contributed by atoms with Crippen LogP contribution >= 0.6 is 0 Å². The molecule has 3 heterocycles. The third-order valence-electron chi connectivity index (χ3n) is 7.04. The summed E-state index contributed by atoms with van der Waals surface area (Å²) in [7, 11) is 1.88. The average Bonchev–Trinajstić information content (AvgIpc) is 3.66. The number of aliphatic hydroxyl groups is 1. The first kappa shape index (κ1) is 23.2. The number of hydrogen-bond donors (Lipinski definition) is 3. The lowest BCUT2D eigenvalue weighted by Gasteiger charge is -2.34. The van der Waals surface area contributed by atoms with Gasteiger partial charge >= 0.3 is 0 Å². The number of amides is 1. The Bertz CT molecular complexity index is 1570. The van der Waals surface area contributed by atoms with Crippen molar-refractivity contribution in [3.63, 3.8) is 0 Å². The first-order valence-electron chi connectivity index (χ1n) is 12.4. The molecule has 2 aliphatic carbocycles. The second-order valence-electron chi connectivity index (χ2n) is 9.82. The van der Waals surface area contributed by atoms with E-state index in [1.54, 1.807) is 22.9 Å². The number of ether oxygens (including phenoxy) is 1. The fraction of sp³-hybridized carbons (Fsp3) is 0.333. The fourth-order valence-corrected chi connectivity index (χ4v) is 4.71. The standard InChI is InChI=1S/C27H28N6O4/c1-15(34)29-25-13-19(9-10-28-25)37-18-5-6-20-23(12-18)32(2)27(30-20)31-21-11-17(16-3-4-16)14-33(26(21)36)22-7-8-24(22)35/h5-6,9-14,16,22,24,35H,3-4,7-8H2,1-2H3,(H,30,31)(H,28,29,34)/t22-,24-/m0/s1. The van der Waals surface area contributed by atoms with Gasteiger partial charge in [0.25, 0.3) is 5.56 Å². The highest BCUT2D eigenvalue weighted by Gasteiger charge is 2.33. The summed E-state index contributed by atoms with van der Waals surface area (Å²) in [6.07, 6.45) is 6.75. The van der Waals surface area contributed by atoms with Crippen LogP contribution in [0.2, 0.25) is 0 Å². The highest BCUT2D eigenvalue weighted by molar-refractivity contribution is 5.87. The van der Waals surface area contributed by atoms with Gasteiger partial charge in [0.15, 0.2) is 0 Å². The van der Waals surface area contributed by atoms with Crippen molar-refractivity contribution in [1.82, 2.24) is 19.1 Å². The van der Waals surface area contributed by atoms with Gasteiger partial charge in [-0.2, -0.15) is 0 Å². The summed E-state index contributed by atoms with van der Waals surface area (Å²) < 4.78 is 9.58. The number of hydrogen-bond acceptors (Lipinski definition) is 7. The van der Waals surface area contributed by atoms with Gasteiger partial charge < -0.3 is 29.6 Å². The molecule has 2 saturated carbocycles. The minimum Gasteiger partial charge on any atom is -0.457 e. The predicted octanol–water partition coefficient (Wildman–Crippen LogP) is 4.20. The Balaban J connectivity index is 1.29. The molecular weight excluding hydrogens is 472 g/mol. The van der Waals surface area contributed by atoms with Gasteiger partial charge in [-0.25, -0.2) is 9.97 Å². The number of fused-ring (bicyclic) bond motifs is 1. The molecule has 1 amide bonds. The Kier molecular flexibility index (Phi) is 5.68. The zero-order valence-corrected chi connectivity index (χ0v) is 20.6. The van der Waals surface area contributed by atoms with Crippen LogP contribution in [0.15, 0.2) is 53.6 Å². The van der Waals surface area contributed by atoms with Crippen LogP contribution in [0.5, 0.6) is 11.5 Å². The van der Waals surface area contributed by atoms with E-state index in [1.165, 1.54) is 6.92 Å². The van der Waals surface area contributed by atoms with Gasteiger partial charge in [0.05, 0.1) is 23.2 Å². The summed E-state index contributed by atoms with van der Waals surface area (Å²) in [5, 5.41) is 16.1. The zero-order chi connectivity index (χ0) is 25.7. The molecular formula is C27H28N6O4. The Morgan fingerprint density at radius 2 is 1.92 bits per heavy atom. The normalized spacial score (nSPS) is 18.9. The van der Waals surface area contributed by atoms with Crippen molar-refractivity contribution in [3.05, 3.63) is 64.7 Å². The number of aliphatic hydroxyl groups excluding tert-OH is 1. The maximum absolute atomic E-state index is 13.3. The van der Waals surface area contributed by atoms with Crippen LogP contribution in [0.3, 0.4) is 0 Å². The number of imidazole rings is 1. The summed E-state index contributed by atoms with van der Waals surface area (Å²) in [6.45, 7) is 1.42. The SMILES string of the molecule is CC(=O)Nc1cc(Oc2ccc3nc(Nc4cc(C5CC5)cn([C@H]5CC[C@@H]5O)c4=O)n(C)c3c2)ccn1. The van der Waals surface area contributed by atoms with E-state index in [9.17, 15) is 14.7 Å². The first-order chi connectivity index (χ1) is 17.9. The summed E-state index contributed by atoms with van der Waals surface area (Å²) in [6, 6.07) is 10.7. The molecule has 6 rings (SSSR count). The number of benzene rings is 1. The lowest BCUT2D eigenvalue weighted by molar-refractivity contribution is -0.114. The molecule has 2 atom stereocenters. The van der Waals surface area contributed by atoms with Crippen molar-refractivity contribution in [2.45, 2.75) is 50.7 Å². The monoisotopic (exact) mass is 500 g/mol. The number of nitrogens with zero attached hydrogens (tertiary/aromatic N) is 4. The van der Waals surface area contributed by atoms with E-state index in [-0.39, 0.29) is 17.5 Å². The molecule has 4 aromatic rings. The third-order valence-corrected chi connectivity index (χ3v) is 7.04. The second kappa shape index (κ2) is 9.04. The van der Waals surface area contributed by atoms with Crippen LogP contribution in [-0.2, 0) is 11.8 Å². The molecule has 0 aliphatic heterocycles. The van der Waals surface area contributed by atoms with Crippen molar-refractivity contribution in [2.75, 3.05) is 10.6 Å². The Hall–Kier alpha value is -4.18. The van der Waals surface area contributed by atoms with Gasteiger partial charge in [0.2, 0.25) is 11.9 Å². The fourth-order valence-electron chi connectivity index (χ4n) is 4.71. The van der Waals surface area contributed by atoms with E-state index >= 15 is 0 Å². The summed E-state index contributed by atoms with van der Waals surface area (Å²) >= 11 is 0. The Labute approximate surface area is 212 Å². The molecule has 10 nitrogen and oxygen atoms in total. The van der Waals surface area contributed by atoms with Gasteiger partial charge in [-0.1, -0.05) is 0 Å². The number of carbonyl (C=O) groups excluding carboxylic acids is 1. The molecule has 0 bridgehead atoms. The van der Waals surface area contributed by atoms with Crippen LogP contribution < -0.4 is 20.9 Å². The summed E-state index contributed by atoms with van der Waals surface area (Å²) in [5.41, 5.74) is 2.99. The van der Waals surface area contributed by atoms with E-state index in [2.05, 4.69) is 15.6 Å². The lowest BCUT2D eigenvalue weighted by atomic mass is 9.88. The molecule has 0 saturated heterocycles. The third kappa shape index (κ3) is 4.55. The number of rotatable bonds is 7. The smallest absolute Gasteiger partial charge is 0.274 e. The molecule has 190 valence electrons. The van der Waals surface area contributed by atoms with Crippen molar-refractivity contribution in [2.24, 2.45) is 7.05 Å². The summed E-state index contributed by atoms with van der Waals surface area (Å²) in [5.74, 6) is 2.33. The molecule has 2 fully saturated rings. The van der Waals surface area contributed by atoms with Crippen LogP contribution in [0, 0.1) is 0 Å². The topological polar surface area (TPSA) is 123 Å². The number of nitrogens with one attached hydrogen (secondary N) is 2. The lowest BCUT2D eigenvalue weighted by Crippen LogP contribution is -2.39. The van der Waals surface area contributed by atoms with Crippen molar-refractivity contribution in [1.29, 1.82) is 0 Å². The highest BCUT2D eigenvalue weighted by Crippen LogP contribution is 2.41. The molecule has 37 heavy (non-hydrogen) atoms. The molecule has 3 N–H and O–H groups in total. The van der Waals surface area contributed by atoms with E-state index in [0.717, 1.165) is 42.3 Å². The van der Waals surface area contributed by atoms with E-state index in [1.807, 2.05) is 42.1 Å². The van der Waals surface area contributed by atoms with E-state index in [4.69, 9.17) is 9.72 Å². The van der Waals surface area contributed by atoms with Crippen LogP contribution in [0.1, 0.15) is 50.1 Å². The minimum atomic E-state index is -0.483. The van der Waals surface area contributed by atoms with Crippen LogP contribution in [0.4, 0.5) is 17.5 Å². The van der Waals surface area contributed by atoms with Crippen molar-refractivity contribution >= 4 is 34.4 Å². The Morgan fingerprint density at radius 3 is 2.62 bits per heavy atom. The molecule has 1 aromatic carbocycles. The maximum atomic E-state index is 13.3. The number of anilines is 3. The van der Waals surface area contributed by atoms with Crippen molar-refractivity contribution < 1.29 is 14.6 Å². The van der Waals surface area contributed by atoms with Crippen LogP contribution in [-0.4, -0.2) is 36.2 Å². The highest BCUT2D eigenvalue weighted by atomic mass is 16.5. The molecule has 0 radical (unpaired) electrons.